The van der Waals surface area contributed by atoms with Crippen molar-refractivity contribution >= 4 is 5.97 Å². The molecule has 0 N–H and O–H groups in total. The Hall–Kier alpha value is -1.79. The van der Waals surface area contributed by atoms with Crippen LogP contribution in [-0.4, -0.2) is 37.6 Å². The minimum atomic E-state index is -0.671. The van der Waals surface area contributed by atoms with Gasteiger partial charge in [-0.25, -0.2) is 4.79 Å². The number of rotatable bonds is 5. The van der Waals surface area contributed by atoms with Crippen LogP contribution in [-0.2, 0) is 14.2 Å². The Bertz CT molecular complexity index is 464. The summed E-state index contributed by atoms with van der Waals surface area (Å²) in [5.41, 5.74) is 0.478. The lowest BCUT2D eigenvalue weighted by Crippen LogP contribution is -2.29. The number of carbonyl (C=O) groups is 1. The maximum Gasteiger partial charge on any atom is 0.338 e. The van der Waals surface area contributed by atoms with Gasteiger partial charge in [-0.2, -0.15) is 4.91 Å². The Morgan fingerprint density at radius 2 is 2.10 bits per heavy atom. The predicted molar refractivity (Wildman–Crippen MR) is 71.2 cm³/mol. The Balaban J connectivity index is 1.94. The standard InChI is InChI=1S/C14H17NO5/c1-9(12-8-11(15-17)14(18-2)20-12)19-13(16)10-6-4-3-5-7-10/h3-7,9,11-12,14H,8H2,1-2H3/t9?,11-,12-,14?/m0/s1. The van der Waals surface area contributed by atoms with Gasteiger partial charge in [0.05, 0.1) is 11.7 Å². The molecule has 0 saturated carbocycles. The number of hydrogen-bond donors (Lipinski definition) is 0. The SMILES string of the molecule is COC1O[C@H](C(C)OC(=O)c2ccccc2)C[C@@H]1N=O. The second-order valence-corrected chi connectivity index (χ2v) is 4.66. The lowest BCUT2D eigenvalue weighted by atomic mass is 10.1. The van der Waals surface area contributed by atoms with E-state index in [-0.39, 0.29) is 0 Å². The van der Waals surface area contributed by atoms with E-state index < -0.39 is 30.5 Å². The van der Waals surface area contributed by atoms with Gasteiger partial charge in [-0.15, -0.1) is 0 Å². The van der Waals surface area contributed by atoms with Crippen LogP contribution >= 0.6 is 0 Å². The Morgan fingerprint density at radius 1 is 1.40 bits per heavy atom. The number of carbonyl (C=O) groups excluding carboxylic acids is 1. The van der Waals surface area contributed by atoms with E-state index in [1.165, 1.54) is 7.11 Å². The van der Waals surface area contributed by atoms with Gasteiger partial charge in [0, 0.05) is 13.5 Å². The number of nitroso groups, excluding NO2 is 1. The first kappa shape index (κ1) is 14.6. The minimum Gasteiger partial charge on any atom is -0.456 e. The molecule has 20 heavy (non-hydrogen) atoms. The molecule has 2 rings (SSSR count). The molecule has 0 aliphatic carbocycles. The molecule has 1 aromatic carbocycles. The lowest BCUT2D eigenvalue weighted by Gasteiger charge is -2.19. The first-order valence-corrected chi connectivity index (χ1v) is 6.42. The first-order chi connectivity index (χ1) is 9.65. The summed E-state index contributed by atoms with van der Waals surface area (Å²) in [4.78, 5) is 22.6. The zero-order valence-corrected chi connectivity index (χ0v) is 11.4. The van der Waals surface area contributed by atoms with Crippen LogP contribution in [0.2, 0.25) is 0 Å². The zero-order chi connectivity index (χ0) is 14.5. The Morgan fingerprint density at radius 3 is 2.65 bits per heavy atom. The van der Waals surface area contributed by atoms with E-state index in [0.717, 1.165) is 0 Å². The normalized spacial score (nSPS) is 27.0. The molecule has 0 aromatic heterocycles. The summed E-state index contributed by atoms with van der Waals surface area (Å²) < 4.78 is 15.9. The maximum absolute atomic E-state index is 11.9. The molecule has 1 aliphatic rings. The highest BCUT2D eigenvalue weighted by Gasteiger charge is 2.40. The summed E-state index contributed by atoms with van der Waals surface area (Å²) >= 11 is 0. The monoisotopic (exact) mass is 279 g/mol. The Kier molecular flexibility index (Phi) is 4.81. The van der Waals surface area contributed by atoms with Gasteiger partial charge >= 0.3 is 5.97 Å². The lowest BCUT2D eigenvalue weighted by molar-refractivity contribution is -0.141. The molecule has 2 unspecified atom stereocenters. The van der Waals surface area contributed by atoms with Gasteiger partial charge in [0.15, 0.2) is 6.29 Å². The largest absolute Gasteiger partial charge is 0.456 e. The molecule has 0 bridgehead atoms. The molecule has 6 nitrogen and oxygen atoms in total. The van der Waals surface area contributed by atoms with E-state index in [1.54, 1.807) is 31.2 Å². The number of nitrogens with zero attached hydrogens (tertiary/aromatic N) is 1. The fourth-order valence-corrected chi connectivity index (χ4v) is 2.16. The molecule has 4 atom stereocenters. The van der Waals surface area contributed by atoms with Crippen molar-refractivity contribution in [2.75, 3.05) is 7.11 Å². The van der Waals surface area contributed by atoms with Gasteiger partial charge in [0.1, 0.15) is 12.1 Å². The summed E-state index contributed by atoms with van der Waals surface area (Å²) in [5.74, 6) is -0.418. The van der Waals surface area contributed by atoms with E-state index in [0.29, 0.717) is 12.0 Å². The third-order valence-corrected chi connectivity index (χ3v) is 3.29. The quantitative estimate of drug-likeness (QED) is 0.609. The van der Waals surface area contributed by atoms with Crippen molar-refractivity contribution < 1.29 is 19.0 Å². The second-order valence-electron chi connectivity index (χ2n) is 4.66. The summed E-state index contributed by atoms with van der Waals surface area (Å²) in [7, 11) is 1.45. The highest BCUT2D eigenvalue weighted by atomic mass is 16.7. The average Bonchev–Trinajstić information content (AvgIpc) is 2.91. The number of ether oxygens (including phenoxy) is 3. The summed E-state index contributed by atoms with van der Waals surface area (Å²) in [6, 6.07) is 8.14. The fourth-order valence-electron chi connectivity index (χ4n) is 2.16. The van der Waals surface area contributed by atoms with Gasteiger partial charge in [-0.05, 0) is 19.1 Å². The smallest absolute Gasteiger partial charge is 0.338 e. The third-order valence-electron chi connectivity index (χ3n) is 3.29. The molecule has 108 valence electrons. The van der Waals surface area contributed by atoms with Gasteiger partial charge in [0.2, 0.25) is 0 Å². The number of methoxy groups -OCH3 is 1. The molecule has 1 aliphatic heterocycles. The van der Waals surface area contributed by atoms with E-state index in [4.69, 9.17) is 14.2 Å². The summed E-state index contributed by atoms with van der Waals surface area (Å²) in [6.45, 7) is 1.73. The number of benzene rings is 1. The van der Waals surface area contributed by atoms with Crippen LogP contribution in [0.4, 0.5) is 0 Å². The molecular weight excluding hydrogens is 262 g/mol. The van der Waals surface area contributed by atoms with Crippen molar-refractivity contribution in [3.8, 4) is 0 Å². The van der Waals surface area contributed by atoms with Gasteiger partial charge in [0.25, 0.3) is 0 Å². The van der Waals surface area contributed by atoms with E-state index in [9.17, 15) is 9.70 Å². The third kappa shape index (κ3) is 3.20. The number of esters is 1. The summed E-state index contributed by atoms with van der Waals surface area (Å²) in [6.07, 6.45) is -1.16. The predicted octanol–water partition coefficient (Wildman–Crippen LogP) is 2.13. The van der Waals surface area contributed by atoms with E-state index in [1.807, 2.05) is 6.07 Å². The molecule has 1 heterocycles. The van der Waals surface area contributed by atoms with Crippen LogP contribution in [0.3, 0.4) is 0 Å². The Labute approximate surface area is 117 Å². The first-order valence-electron chi connectivity index (χ1n) is 6.42. The molecule has 0 spiro atoms. The van der Waals surface area contributed by atoms with Crippen molar-refractivity contribution in [1.82, 2.24) is 0 Å². The van der Waals surface area contributed by atoms with Crippen LogP contribution in [0.1, 0.15) is 23.7 Å². The van der Waals surface area contributed by atoms with Crippen LogP contribution < -0.4 is 0 Å². The van der Waals surface area contributed by atoms with Crippen LogP contribution in [0.5, 0.6) is 0 Å². The van der Waals surface area contributed by atoms with Crippen molar-refractivity contribution in [3.05, 3.63) is 40.8 Å². The molecule has 6 heteroatoms. The van der Waals surface area contributed by atoms with Gasteiger partial charge in [-0.3, -0.25) is 0 Å². The van der Waals surface area contributed by atoms with Crippen molar-refractivity contribution in [3.63, 3.8) is 0 Å². The highest BCUT2D eigenvalue weighted by Crippen LogP contribution is 2.27. The van der Waals surface area contributed by atoms with Gasteiger partial charge < -0.3 is 14.2 Å². The van der Waals surface area contributed by atoms with E-state index in [2.05, 4.69) is 5.18 Å². The maximum atomic E-state index is 11.9. The molecule has 1 saturated heterocycles. The second kappa shape index (κ2) is 6.58. The van der Waals surface area contributed by atoms with Crippen molar-refractivity contribution in [2.24, 2.45) is 5.18 Å². The molecule has 0 radical (unpaired) electrons. The van der Waals surface area contributed by atoms with Crippen LogP contribution in [0.25, 0.3) is 0 Å². The zero-order valence-electron chi connectivity index (χ0n) is 11.4. The van der Waals surface area contributed by atoms with Crippen molar-refractivity contribution in [2.45, 2.75) is 37.9 Å². The summed E-state index contributed by atoms with van der Waals surface area (Å²) in [5, 5.41) is 2.97. The highest BCUT2D eigenvalue weighted by molar-refractivity contribution is 5.89. The number of hydrogen-bond acceptors (Lipinski definition) is 6. The molecule has 0 amide bonds. The average molecular weight is 279 g/mol. The van der Waals surface area contributed by atoms with E-state index >= 15 is 0 Å². The van der Waals surface area contributed by atoms with Gasteiger partial charge in [-0.1, -0.05) is 23.4 Å². The van der Waals surface area contributed by atoms with Crippen LogP contribution in [0, 0.1) is 4.91 Å². The van der Waals surface area contributed by atoms with Crippen LogP contribution in [0.15, 0.2) is 35.5 Å². The molecule has 1 fully saturated rings. The molecule has 1 aromatic rings. The fraction of sp³-hybridized carbons (Fsp3) is 0.500. The topological polar surface area (TPSA) is 74.2 Å². The minimum absolute atomic E-state index is 0.380. The van der Waals surface area contributed by atoms with Crippen molar-refractivity contribution in [1.29, 1.82) is 0 Å². The molecular formula is C14H17NO5.